The number of anilines is 2. The Kier molecular flexibility index (Phi) is 5.46. The summed E-state index contributed by atoms with van der Waals surface area (Å²) < 4.78 is 0. The fourth-order valence-electron chi connectivity index (χ4n) is 2.31. The van der Waals surface area contributed by atoms with Crippen molar-refractivity contribution in [3.05, 3.63) is 59.4 Å². The Morgan fingerprint density at radius 2 is 2.09 bits per heavy atom. The fraction of sp³-hybridized carbons (Fsp3) is 0.278. The molecule has 0 radical (unpaired) electrons. The number of hydrogen-bond donors (Lipinski definition) is 2. The molecule has 1 aromatic carbocycles. The molecule has 0 bridgehead atoms. The molecule has 2 aromatic rings. The molecule has 23 heavy (non-hydrogen) atoms. The highest BCUT2D eigenvalue weighted by atomic mass is 16.1. The van der Waals surface area contributed by atoms with Crippen molar-refractivity contribution >= 4 is 17.5 Å². The number of nitrogens with one attached hydrogen (secondary N) is 2. The Bertz CT molecular complexity index is 725. The second kappa shape index (κ2) is 7.54. The number of rotatable bonds is 6. The predicted octanol–water partition coefficient (Wildman–Crippen LogP) is 3.51. The topological polar surface area (TPSA) is 66.9 Å². The number of carbonyl (C=O) groups is 1. The molecule has 0 saturated carbocycles. The first kappa shape index (κ1) is 16.7. The first-order chi connectivity index (χ1) is 11.0. The summed E-state index contributed by atoms with van der Waals surface area (Å²) in [6.45, 7) is 10.1. The van der Waals surface area contributed by atoms with Crippen LogP contribution in [0.2, 0.25) is 0 Å². The van der Waals surface area contributed by atoms with E-state index in [1.807, 2.05) is 32.0 Å². The lowest BCUT2D eigenvalue weighted by Gasteiger charge is -2.13. The zero-order valence-electron chi connectivity index (χ0n) is 13.8. The fourth-order valence-corrected chi connectivity index (χ4v) is 2.31. The SMILES string of the molecule is C=CCNc1nc(C)cc(C(=O)Nc2c(C)cccc2CC)n1. The van der Waals surface area contributed by atoms with E-state index in [1.54, 1.807) is 12.1 Å². The first-order valence-corrected chi connectivity index (χ1v) is 7.65. The van der Waals surface area contributed by atoms with Crippen molar-refractivity contribution in [1.29, 1.82) is 0 Å². The zero-order chi connectivity index (χ0) is 16.8. The van der Waals surface area contributed by atoms with Gasteiger partial charge in [0.15, 0.2) is 0 Å². The van der Waals surface area contributed by atoms with Gasteiger partial charge in [0, 0.05) is 17.9 Å². The molecule has 5 heteroatoms. The molecule has 1 heterocycles. The minimum atomic E-state index is -0.235. The largest absolute Gasteiger partial charge is 0.351 e. The lowest BCUT2D eigenvalue weighted by molar-refractivity contribution is 0.102. The lowest BCUT2D eigenvalue weighted by atomic mass is 10.1. The van der Waals surface area contributed by atoms with Crippen LogP contribution in [0.1, 0.15) is 34.2 Å². The van der Waals surface area contributed by atoms with Crippen molar-refractivity contribution in [3.63, 3.8) is 0 Å². The maximum absolute atomic E-state index is 12.6. The standard InChI is InChI=1S/C18H22N4O/c1-5-10-19-18-20-13(4)11-15(21-18)17(23)22-16-12(3)8-7-9-14(16)6-2/h5,7-9,11H,1,6,10H2,2-4H3,(H,22,23)(H,19,20,21). The van der Waals surface area contributed by atoms with Gasteiger partial charge in [-0.25, -0.2) is 9.97 Å². The van der Waals surface area contributed by atoms with Crippen LogP contribution in [0.3, 0.4) is 0 Å². The van der Waals surface area contributed by atoms with E-state index in [-0.39, 0.29) is 5.91 Å². The van der Waals surface area contributed by atoms with E-state index >= 15 is 0 Å². The van der Waals surface area contributed by atoms with Crippen LogP contribution in [0.5, 0.6) is 0 Å². The van der Waals surface area contributed by atoms with E-state index in [4.69, 9.17) is 0 Å². The zero-order valence-corrected chi connectivity index (χ0v) is 13.8. The molecule has 0 atom stereocenters. The molecule has 0 aliphatic heterocycles. The molecule has 0 saturated heterocycles. The van der Waals surface area contributed by atoms with Gasteiger partial charge in [-0.1, -0.05) is 31.2 Å². The van der Waals surface area contributed by atoms with E-state index < -0.39 is 0 Å². The van der Waals surface area contributed by atoms with Crippen LogP contribution in [-0.4, -0.2) is 22.4 Å². The summed E-state index contributed by atoms with van der Waals surface area (Å²) in [5.74, 6) is 0.191. The Balaban J connectivity index is 2.27. The Labute approximate surface area is 136 Å². The number of aromatic nitrogens is 2. The maximum Gasteiger partial charge on any atom is 0.274 e. The molecule has 2 rings (SSSR count). The lowest BCUT2D eigenvalue weighted by Crippen LogP contribution is -2.17. The van der Waals surface area contributed by atoms with Crippen LogP contribution in [0.4, 0.5) is 11.6 Å². The number of aryl methyl sites for hydroxylation is 3. The summed E-state index contributed by atoms with van der Waals surface area (Å²) in [7, 11) is 0. The highest BCUT2D eigenvalue weighted by Gasteiger charge is 2.13. The molecule has 2 N–H and O–H groups in total. The molecule has 0 aliphatic rings. The first-order valence-electron chi connectivity index (χ1n) is 7.65. The highest BCUT2D eigenvalue weighted by molar-refractivity contribution is 6.04. The third kappa shape index (κ3) is 4.16. The van der Waals surface area contributed by atoms with Gasteiger partial charge in [0.2, 0.25) is 5.95 Å². The summed E-state index contributed by atoms with van der Waals surface area (Å²) in [4.78, 5) is 21.1. The normalized spacial score (nSPS) is 10.2. The number of benzene rings is 1. The maximum atomic E-state index is 12.6. The average Bonchev–Trinajstić information content (AvgIpc) is 2.54. The Hall–Kier alpha value is -2.69. The van der Waals surface area contributed by atoms with Gasteiger partial charge in [0.1, 0.15) is 5.69 Å². The number of nitrogens with zero attached hydrogens (tertiary/aromatic N) is 2. The van der Waals surface area contributed by atoms with E-state index in [2.05, 4.69) is 34.1 Å². The molecule has 5 nitrogen and oxygen atoms in total. The third-order valence-corrected chi connectivity index (χ3v) is 3.47. The second-order valence-electron chi connectivity index (χ2n) is 5.30. The molecule has 0 unspecified atom stereocenters. The number of amides is 1. The summed E-state index contributed by atoms with van der Waals surface area (Å²) >= 11 is 0. The molecule has 0 fully saturated rings. The van der Waals surface area contributed by atoms with Crippen molar-refractivity contribution in [3.8, 4) is 0 Å². The van der Waals surface area contributed by atoms with E-state index in [1.165, 1.54) is 0 Å². The Morgan fingerprint density at radius 3 is 2.78 bits per heavy atom. The quantitative estimate of drug-likeness (QED) is 0.801. The summed E-state index contributed by atoms with van der Waals surface area (Å²) in [6, 6.07) is 7.68. The average molecular weight is 310 g/mol. The van der Waals surface area contributed by atoms with Gasteiger partial charge in [0.05, 0.1) is 0 Å². The van der Waals surface area contributed by atoms with Crippen LogP contribution in [0.25, 0.3) is 0 Å². The molecular weight excluding hydrogens is 288 g/mol. The number of hydrogen-bond acceptors (Lipinski definition) is 4. The van der Waals surface area contributed by atoms with Gasteiger partial charge in [-0.05, 0) is 37.5 Å². The monoisotopic (exact) mass is 310 g/mol. The van der Waals surface area contributed by atoms with Crippen LogP contribution < -0.4 is 10.6 Å². The molecule has 0 spiro atoms. The Morgan fingerprint density at radius 1 is 1.30 bits per heavy atom. The van der Waals surface area contributed by atoms with Crippen LogP contribution >= 0.6 is 0 Å². The van der Waals surface area contributed by atoms with Gasteiger partial charge in [-0.15, -0.1) is 6.58 Å². The van der Waals surface area contributed by atoms with Crippen molar-refractivity contribution in [1.82, 2.24) is 9.97 Å². The van der Waals surface area contributed by atoms with Crippen LogP contribution in [0, 0.1) is 13.8 Å². The van der Waals surface area contributed by atoms with Crippen molar-refractivity contribution in [2.24, 2.45) is 0 Å². The summed E-state index contributed by atoms with van der Waals surface area (Å²) in [6.07, 6.45) is 2.57. The molecule has 120 valence electrons. The third-order valence-electron chi connectivity index (χ3n) is 3.47. The summed E-state index contributed by atoms with van der Waals surface area (Å²) in [5, 5.41) is 5.99. The van der Waals surface area contributed by atoms with Gasteiger partial charge >= 0.3 is 0 Å². The van der Waals surface area contributed by atoms with Gasteiger partial charge in [-0.3, -0.25) is 4.79 Å². The van der Waals surface area contributed by atoms with Crippen molar-refractivity contribution in [2.45, 2.75) is 27.2 Å². The van der Waals surface area contributed by atoms with E-state index in [0.717, 1.165) is 28.9 Å². The van der Waals surface area contributed by atoms with Crippen LogP contribution in [0.15, 0.2) is 36.9 Å². The smallest absolute Gasteiger partial charge is 0.274 e. The van der Waals surface area contributed by atoms with Gasteiger partial charge in [0.25, 0.3) is 5.91 Å². The summed E-state index contributed by atoms with van der Waals surface area (Å²) in [5.41, 5.74) is 4.08. The minimum absolute atomic E-state index is 0.235. The minimum Gasteiger partial charge on any atom is -0.351 e. The van der Waals surface area contributed by atoms with Gasteiger partial charge < -0.3 is 10.6 Å². The molecule has 1 aromatic heterocycles. The molecular formula is C18H22N4O. The van der Waals surface area contributed by atoms with Crippen molar-refractivity contribution < 1.29 is 4.79 Å². The van der Waals surface area contributed by atoms with E-state index in [9.17, 15) is 4.79 Å². The van der Waals surface area contributed by atoms with Crippen LogP contribution in [-0.2, 0) is 6.42 Å². The van der Waals surface area contributed by atoms with Gasteiger partial charge in [-0.2, -0.15) is 0 Å². The highest BCUT2D eigenvalue weighted by Crippen LogP contribution is 2.21. The van der Waals surface area contributed by atoms with Crippen molar-refractivity contribution in [2.75, 3.05) is 17.2 Å². The number of para-hydroxylation sites is 1. The number of carbonyl (C=O) groups excluding carboxylic acids is 1. The molecule has 1 amide bonds. The second-order valence-corrected chi connectivity index (χ2v) is 5.30. The van der Waals surface area contributed by atoms with E-state index in [0.29, 0.717) is 18.2 Å². The predicted molar refractivity (Wildman–Crippen MR) is 94.0 cm³/mol. The molecule has 0 aliphatic carbocycles.